The summed E-state index contributed by atoms with van der Waals surface area (Å²) < 4.78 is 40.1. The van der Waals surface area contributed by atoms with Crippen molar-refractivity contribution in [3.05, 3.63) is 65.0 Å². The number of nitrogens with zero attached hydrogens (tertiary/aromatic N) is 2. The zero-order valence-electron chi connectivity index (χ0n) is 16.5. The normalized spacial score (nSPS) is 18.6. The van der Waals surface area contributed by atoms with Crippen molar-refractivity contribution in [1.29, 1.82) is 5.41 Å². The van der Waals surface area contributed by atoms with Crippen LogP contribution in [0.15, 0.2) is 53.9 Å². The summed E-state index contributed by atoms with van der Waals surface area (Å²) in [6.07, 6.45) is 0.687. The average Bonchev–Trinajstić information content (AvgIpc) is 2.72. The van der Waals surface area contributed by atoms with Gasteiger partial charge >= 0.3 is 6.18 Å². The van der Waals surface area contributed by atoms with Crippen LogP contribution in [0.1, 0.15) is 29.3 Å². The Kier molecular flexibility index (Phi) is 5.82. The van der Waals surface area contributed by atoms with Crippen LogP contribution in [0.3, 0.4) is 0 Å². The van der Waals surface area contributed by atoms with Crippen LogP contribution in [0.25, 0.3) is 5.57 Å². The highest BCUT2D eigenvalue weighted by atomic mass is 19.4. The Morgan fingerprint density at radius 2 is 1.97 bits per heavy atom. The molecule has 1 aromatic carbocycles. The van der Waals surface area contributed by atoms with Gasteiger partial charge in [-0.2, -0.15) is 13.2 Å². The number of alkyl halides is 3. The fourth-order valence-electron chi connectivity index (χ4n) is 3.38. The van der Waals surface area contributed by atoms with Gasteiger partial charge in [-0.15, -0.1) is 0 Å². The van der Waals surface area contributed by atoms with E-state index in [1.54, 1.807) is 43.5 Å². The summed E-state index contributed by atoms with van der Waals surface area (Å²) >= 11 is 0. The molecule has 0 spiro atoms. The second-order valence-corrected chi connectivity index (χ2v) is 7.02. The highest BCUT2D eigenvalue weighted by molar-refractivity contribution is 5.98. The first-order chi connectivity index (χ1) is 14.1. The molecule has 30 heavy (non-hydrogen) atoms. The number of allylic oxidation sites excluding steroid dienone is 3. The smallest absolute Gasteiger partial charge is 0.357 e. The minimum absolute atomic E-state index is 0.216. The van der Waals surface area contributed by atoms with Gasteiger partial charge in [-0.3, -0.25) is 14.5 Å². The second-order valence-electron chi connectivity index (χ2n) is 7.02. The molecule has 1 aromatic rings. The molecule has 9 heteroatoms. The number of carbonyl (C=O) groups excluding carboxylic acids is 2. The molecule has 1 atom stereocenters. The summed E-state index contributed by atoms with van der Waals surface area (Å²) in [5.41, 5.74) is 0.0632. The number of hydrogen-bond acceptors (Lipinski definition) is 4. The van der Waals surface area contributed by atoms with E-state index in [9.17, 15) is 22.8 Å². The van der Waals surface area contributed by atoms with Gasteiger partial charge in [0.2, 0.25) is 0 Å². The molecule has 0 aliphatic carbocycles. The van der Waals surface area contributed by atoms with Crippen molar-refractivity contribution >= 4 is 23.6 Å². The van der Waals surface area contributed by atoms with Crippen LogP contribution in [-0.4, -0.2) is 53.8 Å². The Hall–Kier alpha value is -3.36. The minimum Gasteiger partial charge on any atom is -0.357 e. The molecule has 0 fully saturated rings. The fourth-order valence-corrected chi connectivity index (χ4v) is 3.38. The van der Waals surface area contributed by atoms with E-state index in [1.165, 1.54) is 22.2 Å². The lowest BCUT2D eigenvalue weighted by Crippen LogP contribution is -2.54. The number of rotatable bonds is 5. The molecule has 2 amide bonds. The molecule has 0 aromatic heterocycles. The van der Waals surface area contributed by atoms with Gasteiger partial charge in [0, 0.05) is 36.5 Å². The fraction of sp³-hybridized carbons (Fsp3) is 0.286. The molecule has 0 radical (unpaired) electrons. The molecule has 0 bridgehead atoms. The molecule has 2 heterocycles. The minimum atomic E-state index is -4.67. The molecule has 2 N–H and O–H groups in total. The lowest BCUT2D eigenvalue weighted by Gasteiger charge is -2.39. The van der Waals surface area contributed by atoms with Crippen LogP contribution in [-0.2, 0) is 4.79 Å². The molecule has 2 aliphatic heterocycles. The molecule has 3 rings (SSSR count). The summed E-state index contributed by atoms with van der Waals surface area (Å²) in [7, 11) is 1.64. The third kappa shape index (κ3) is 4.00. The summed E-state index contributed by atoms with van der Waals surface area (Å²) in [6.45, 7) is 1.56. The van der Waals surface area contributed by atoms with E-state index < -0.39 is 29.5 Å². The summed E-state index contributed by atoms with van der Waals surface area (Å²) in [5.74, 6) is -0.932. The zero-order chi connectivity index (χ0) is 22.1. The van der Waals surface area contributed by atoms with Crippen molar-refractivity contribution in [3.8, 4) is 0 Å². The van der Waals surface area contributed by atoms with Crippen molar-refractivity contribution in [2.24, 2.45) is 0 Å². The van der Waals surface area contributed by atoms with E-state index in [-0.39, 0.29) is 5.91 Å². The van der Waals surface area contributed by atoms with Crippen molar-refractivity contribution in [2.75, 3.05) is 13.6 Å². The van der Waals surface area contributed by atoms with Crippen LogP contribution < -0.4 is 5.32 Å². The molecule has 6 nitrogen and oxygen atoms in total. The van der Waals surface area contributed by atoms with Crippen molar-refractivity contribution < 1.29 is 22.8 Å². The third-order valence-electron chi connectivity index (χ3n) is 5.01. The molecule has 158 valence electrons. The number of benzene rings is 1. The first-order valence-electron chi connectivity index (χ1n) is 9.25. The van der Waals surface area contributed by atoms with Crippen molar-refractivity contribution in [1.82, 2.24) is 15.1 Å². The number of fused-ring (bicyclic) bond motifs is 1. The van der Waals surface area contributed by atoms with Crippen LogP contribution in [0, 0.1) is 5.41 Å². The number of nitrogens with one attached hydrogen (secondary N) is 2. The number of halogens is 3. The van der Waals surface area contributed by atoms with Gasteiger partial charge in [0.25, 0.3) is 11.8 Å². The zero-order valence-corrected chi connectivity index (χ0v) is 16.5. The van der Waals surface area contributed by atoms with E-state index in [0.717, 1.165) is 6.92 Å². The molecule has 1 unspecified atom stereocenters. The van der Waals surface area contributed by atoms with Crippen molar-refractivity contribution in [2.45, 2.75) is 25.7 Å². The maximum absolute atomic E-state index is 13.4. The summed E-state index contributed by atoms with van der Waals surface area (Å²) in [4.78, 5) is 27.6. The molecule has 2 aliphatic rings. The highest BCUT2D eigenvalue weighted by Crippen LogP contribution is 2.35. The first kappa shape index (κ1) is 21.4. The Bertz CT molecular complexity index is 961. The number of carbonyl (C=O) groups is 2. The molecule has 0 saturated heterocycles. The van der Waals surface area contributed by atoms with Gasteiger partial charge in [-0.25, -0.2) is 0 Å². The maximum Gasteiger partial charge on any atom is 0.431 e. The van der Waals surface area contributed by atoms with E-state index >= 15 is 0 Å². The monoisotopic (exact) mass is 418 g/mol. The summed E-state index contributed by atoms with van der Waals surface area (Å²) in [6, 6.07) is 6.48. The standard InChI is InChI=1S/C21H21F3N4O2/c1-13-17(21(22,23)24)26-18-16(5-3-12-28(18)19(13)29)14-6-8-15(9-7-14)20(30)27(2)11-4-10-25/h3,5-10,12,18,25-26H,4,11H2,1-2H3. The van der Waals surface area contributed by atoms with Crippen LogP contribution in [0.5, 0.6) is 0 Å². The van der Waals surface area contributed by atoms with Gasteiger partial charge in [0.05, 0.1) is 0 Å². The van der Waals surface area contributed by atoms with Gasteiger partial charge in [-0.1, -0.05) is 18.2 Å². The first-order valence-corrected chi connectivity index (χ1v) is 9.25. The molecule has 0 saturated carbocycles. The second kappa shape index (κ2) is 8.17. The van der Waals surface area contributed by atoms with Crippen LogP contribution in [0.2, 0.25) is 0 Å². The van der Waals surface area contributed by atoms with E-state index in [4.69, 9.17) is 5.41 Å². The molecular formula is C21H21F3N4O2. The highest BCUT2D eigenvalue weighted by Gasteiger charge is 2.44. The van der Waals surface area contributed by atoms with Gasteiger partial charge in [-0.05, 0) is 43.3 Å². The van der Waals surface area contributed by atoms with Crippen LogP contribution >= 0.6 is 0 Å². The Morgan fingerprint density at radius 3 is 2.57 bits per heavy atom. The predicted molar refractivity (Wildman–Crippen MR) is 106 cm³/mol. The Labute approximate surface area is 171 Å². The average molecular weight is 418 g/mol. The van der Waals surface area contributed by atoms with E-state index in [2.05, 4.69) is 5.32 Å². The number of hydrogen-bond donors (Lipinski definition) is 2. The molecular weight excluding hydrogens is 397 g/mol. The lowest BCUT2D eigenvalue weighted by molar-refractivity contribution is -0.132. The largest absolute Gasteiger partial charge is 0.431 e. The number of amides is 2. The van der Waals surface area contributed by atoms with Gasteiger partial charge in [0.15, 0.2) is 0 Å². The quantitative estimate of drug-likeness (QED) is 0.721. The Morgan fingerprint density at radius 1 is 1.30 bits per heavy atom. The van der Waals surface area contributed by atoms with E-state index in [0.29, 0.717) is 29.7 Å². The summed E-state index contributed by atoms with van der Waals surface area (Å²) in [5, 5.41) is 9.50. The van der Waals surface area contributed by atoms with E-state index in [1.807, 2.05) is 0 Å². The van der Waals surface area contributed by atoms with Gasteiger partial charge < -0.3 is 15.6 Å². The SMILES string of the molecule is CC1=C(C(F)(F)F)NC2C(c3ccc(C(=O)N(C)CCC=N)cc3)=CC=CN2C1=O. The lowest BCUT2D eigenvalue weighted by atomic mass is 9.95. The van der Waals surface area contributed by atoms with Gasteiger partial charge in [0.1, 0.15) is 11.9 Å². The van der Waals surface area contributed by atoms with Crippen LogP contribution in [0.4, 0.5) is 13.2 Å². The third-order valence-corrected chi connectivity index (χ3v) is 5.01. The maximum atomic E-state index is 13.4. The predicted octanol–water partition coefficient (Wildman–Crippen LogP) is 3.30. The Balaban J connectivity index is 1.87. The topological polar surface area (TPSA) is 76.5 Å². The van der Waals surface area contributed by atoms with Crippen molar-refractivity contribution in [3.63, 3.8) is 0 Å².